The second kappa shape index (κ2) is 6.35. The van der Waals surface area contributed by atoms with E-state index >= 15 is 0 Å². The van der Waals surface area contributed by atoms with Crippen molar-refractivity contribution in [1.82, 2.24) is 20.1 Å². The molecule has 0 radical (unpaired) electrons. The Bertz CT molecular complexity index is 820. The zero-order chi connectivity index (χ0) is 16.2. The van der Waals surface area contributed by atoms with Crippen molar-refractivity contribution in [2.45, 2.75) is 6.54 Å². The van der Waals surface area contributed by atoms with E-state index < -0.39 is 5.91 Å². The fourth-order valence-corrected chi connectivity index (χ4v) is 2.07. The highest BCUT2D eigenvalue weighted by Crippen LogP contribution is 2.17. The van der Waals surface area contributed by atoms with Gasteiger partial charge in [-0.05, 0) is 29.8 Å². The van der Waals surface area contributed by atoms with E-state index in [0.717, 1.165) is 0 Å². The van der Waals surface area contributed by atoms with Crippen molar-refractivity contribution in [3.8, 4) is 11.5 Å². The molecule has 0 N–H and O–H groups in total. The molecule has 1 aromatic carbocycles. The molecule has 0 unspecified atom stereocenters. The van der Waals surface area contributed by atoms with Gasteiger partial charge in [0.25, 0.3) is 0 Å². The Morgan fingerprint density at radius 3 is 2.74 bits per heavy atom. The molecule has 0 bridgehead atoms. The Hall–Kier alpha value is -3.09. The van der Waals surface area contributed by atoms with Gasteiger partial charge in [-0.1, -0.05) is 12.1 Å². The third kappa shape index (κ3) is 3.39. The topological polar surface area (TPSA) is 72.1 Å². The van der Waals surface area contributed by atoms with E-state index in [-0.39, 0.29) is 24.1 Å². The van der Waals surface area contributed by atoms with Crippen LogP contribution >= 0.6 is 0 Å². The lowest BCUT2D eigenvalue weighted by atomic mass is 10.2. The van der Waals surface area contributed by atoms with Gasteiger partial charge in [0, 0.05) is 31.5 Å². The van der Waals surface area contributed by atoms with Crippen LogP contribution in [0.2, 0.25) is 0 Å². The molecule has 2 heterocycles. The molecule has 7 heteroatoms. The average Bonchev–Trinajstić information content (AvgIpc) is 3.05. The zero-order valence-corrected chi connectivity index (χ0v) is 12.3. The molecule has 1 amide bonds. The summed E-state index contributed by atoms with van der Waals surface area (Å²) in [4.78, 5) is 17.6. The van der Waals surface area contributed by atoms with Crippen LogP contribution in [-0.2, 0) is 6.54 Å². The average molecular weight is 312 g/mol. The molecule has 0 aliphatic carbocycles. The molecule has 116 valence electrons. The van der Waals surface area contributed by atoms with Gasteiger partial charge in [-0.2, -0.15) is 0 Å². The van der Waals surface area contributed by atoms with Crippen molar-refractivity contribution in [3.05, 3.63) is 66.1 Å². The maximum Gasteiger partial charge on any atom is 0.311 e. The molecule has 0 saturated carbocycles. The number of rotatable bonds is 4. The van der Waals surface area contributed by atoms with Gasteiger partial charge in [0.1, 0.15) is 5.82 Å². The van der Waals surface area contributed by atoms with Crippen LogP contribution in [0.4, 0.5) is 4.39 Å². The Kier molecular flexibility index (Phi) is 4.09. The molecule has 3 aromatic rings. The molecular formula is C16H13FN4O2. The maximum atomic E-state index is 13.2. The third-order valence-electron chi connectivity index (χ3n) is 3.19. The highest BCUT2D eigenvalue weighted by atomic mass is 19.1. The van der Waals surface area contributed by atoms with Gasteiger partial charge in [0.05, 0.1) is 0 Å². The largest absolute Gasteiger partial charge is 0.412 e. The summed E-state index contributed by atoms with van der Waals surface area (Å²) in [5.41, 5.74) is 1.36. The first-order valence-electron chi connectivity index (χ1n) is 6.87. The van der Waals surface area contributed by atoms with E-state index in [4.69, 9.17) is 4.42 Å². The van der Waals surface area contributed by atoms with E-state index in [1.165, 1.54) is 17.0 Å². The van der Waals surface area contributed by atoms with Crippen LogP contribution in [0.3, 0.4) is 0 Å². The van der Waals surface area contributed by atoms with E-state index in [1.54, 1.807) is 43.7 Å². The lowest BCUT2D eigenvalue weighted by Gasteiger charge is -2.14. The number of halogens is 1. The predicted molar refractivity (Wildman–Crippen MR) is 79.7 cm³/mol. The quantitative estimate of drug-likeness (QED) is 0.740. The molecule has 0 aliphatic heterocycles. The van der Waals surface area contributed by atoms with Gasteiger partial charge in [-0.15, -0.1) is 10.2 Å². The van der Waals surface area contributed by atoms with E-state index in [1.807, 2.05) is 0 Å². The van der Waals surface area contributed by atoms with Crippen molar-refractivity contribution >= 4 is 5.91 Å². The Morgan fingerprint density at radius 2 is 2.00 bits per heavy atom. The number of nitrogens with zero attached hydrogens (tertiary/aromatic N) is 4. The minimum Gasteiger partial charge on any atom is -0.412 e. The highest BCUT2D eigenvalue weighted by molar-refractivity contribution is 5.89. The van der Waals surface area contributed by atoms with Crippen LogP contribution in [0, 0.1) is 5.82 Å². The summed E-state index contributed by atoms with van der Waals surface area (Å²) < 4.78 is 18.6. The van der Waals surface area contributed by atoms with E-state index in [9.17, 15) is 9.18 Å². The van der Waals surface area contributed by atoms with Gasteiger partial charge in [-0.25, -0.2) is 4.39 Å². The lowest BCUT2D eigenvalue weighted by molar-refractivity contribution is 0.0746. The summed E-state index contributed by atoms with van der Waals surface area (Å²) in [6.07, 6.45) is 3.19. The zero-order valence-electron chi connectivity index (χ0n) is 12.3. The van der Waals surface area contributed by atoms with Crippen LogP contribution < -0.4 is 0 Å². The van der Waals surface area contributed by atoms with Crippen LogP contribution in [0.15, 0.2) is 53.2 Å². The molecule has 0 aliphatic rings. The minimum absolute atomic E-state index is 0.115. The molecule has 0 atom stereocenters. The maximum absolute atomic E-state index is 13.2. The molecular weight excluding hydrogens is 299 g/mol. The number of carbonyl (C=O) groups is 1. The van der Waals surface area contributed by atoms with Gasteiger partial charge in [0.2, 0.25) is 5.89 Å². The number of benzene rings is 1. The van der Waals surface area contributed by atoms with Crippen LogP contribution in [0.1, 0.15) is 16.2 Å². The summed E-state index contributed by atoms with van der Waals surface area (Å²) in [5, 5.41) is 7.63. The Morgan fingerprint density at radius 1 is 1.22 bits per heavy atom. The van der Waals surface area contributed by atoms with Crippen LogP contribution in [0.5, 0.6) is 0 Å². The van der Waals surface area contributed by atoms with Gasteiger partial charge in [0.15, 0.2) is 0 Å². The SMILES string of the molecule is CN(Cc1cccc(F)c1)C(=O)c1nnc(-c2ccncc2)o1. The second-order valence-corrected chi connectivity index (χ2v) is 4.94. The summed E-state index contributed by atoms with van der Waals surface area (Å²) in [6.45, 7) is 0.240. The fourth-order valence-electron chi connectivity index (χ4n) is 2.07. The number of carbonyl (C=O) groups excluding carboxylic acids is 1. The number of aromatic nitrogens is 3. The molecule has 3 rings (SSSR count). The monoisotopic (exact) mass is 312 g/mol. The fraction of sp³-hybridized carbons (Fsp3) is 0.125. The van der Waals surface area contributed by atoms with Gasteiger partial charge in [-0.3, -0.25) is 9.78 Å². The van der Waals surface area contributed by atoms with Gasteiger partial charge >= 0.3 is 11.8 Å². The van der Waals surface area contributed by atoms with Crippen LogP contribution in [-0.4, -0.2) is 33.0 Å². The molecule has 0 saturated heterocycles. The summed E-state index contributed by atoms with van der Waals surface area (Å²) >= 11 is 0. The molecule has 6 nitrogen and oxygen atoms in total. The van der Waals surface area contributed by atoms with Crippen LogP contribution in [0.25, 0.3) is 11.5 Å². The van der Waals surface area contributed by atoms with Gasteiger partial charge < -0.3 is 9.32 Å². The standard InChI is InChI=1S/C16H13FN4O2/c1-21(10-11-3-2-4-13(17)9-11)16(22)15-20-19-14(23-15)12-5-7-18-8-6-12/h2-9H,10H2,1H3. The smallest absolute Gasteiger partial charge is 0.311 e. The number of amides is 1. The lowest BCUT2D eigenvalue weighted by Crippen LogP contribution is -2.26. The summed E-state index contributed by atoms with van der Waals surface area (Å²) in [6, 6.07) is 9.47. The first kappa shape index (κ1) is 14.8. The molecule has 0 fully saturated rings. The summed E-state index contributed by atoms with van der Waals surface area (Å²) in [5.74, 6) is -0.645. The first-order chi connectivity index (χ1) is 11.1. The Labute approximate surface area is 131 Å². The second-order valence-electron chi connectivity index (χ2n) is 4.94. The summed E-state index contributed by atoms with van der Waals surface area (Å²) in [7, 11) is 1.59. The first-order valence-corrected chi connectivity index (χ1v) is 6.87. The van der Waals surface area contributed by atoms with Crippen molar-refractivity contribution < 1.29 is 13.6 Å². The number of pyridine rings is 1. The molecule has 2 aromatic heterocycles. The minimum atomic E-state index is -0.429. The molecule has 23 heavy (non-hydrogen) atoms. The van der Waals surface area contributed by atoms with Crippen molar-refractivity contribution in [2.75, 3.05) is 7.05 Å². The van der Waals surface area contributed by atoms with Crippen molar-refractivity contribution in [1.29, 1.82) is 0 Å². The van der Waals surface area contributed by atoms with E-state index in [2.05, 4.69) is 15.2 Å². The predicted octanol–water partition coefficient (Wildman–Crippen LogP) is 2.54. The number of hydrogen-bond donors (Lipinski definition) is 0. The Balaban J connectivity index is 1.74. The highest BCUT2D eigenvalue weighted by Gasteiger charge is 2.20. The molecule has 0 spiro atoms. The normalized spacial score (nSPS) is 10.5. The van der Waals surface area contributed by atoms with E-state index in [0.29, 0.717) is 11.1 Å². The van der Waals surface area contributed by atoms with Crippen molar-refractivity contribution in [2.24, 2.45) is 0 Å². The number of hydrogen-bond acceptors (Lipinski definition) is 5. The third-order valence-corrected chi connectivity index (χ3v) is 3.19. The van der Waals surface area contributed by atoms with Crippen molar-refractivity contribution in [3.63, 3.8) is 0 Å².